The predicted molar refractivity (Wildman–Crippen MR) is 64.9 cm³/mol. The first-order chi connectivity index (χ1) is 8.86. The van der Waals surface area contributed by atoms with Crippen molar-refractivity contribution in [2.75, 3.05) is 7.11 Å². The number of rotatable bonds is 2. The highest BCUT2D eigenvalue weighted by Gasteiger charge is 2.38. The van der Waals surface area contributed by atoms with E-state index in [0.29, 0.717) is 11.4 Å². The third kappa shape index (κ3) is 2.40. The molecule has 3 nitrogen and oxygen atoms in total. The number of para-hydroxylation sites is 2. The minimum atomic E-state index is -4.54. The number of ether oxygens (including phenoxy) is 1. The number of alkyl halides is 3. The lowest BCUT2D eigenvalue weighted by molar-refractivity contribution is -0.141. The summed E-state index contributed by atoms with van der Waals surface area (Å²) in [5.74, 6) is 0.389. The monoisotopic (exact) mass is 290 g/mol. The van der Waals surface area contributed by atoms with Crippen LogP contribution in [-0.4, -0.2) is 16.9 Å². The molecule has 19 heavy (non-hydrogen) atoms. The highest BCUT2D eigenvalue weighted by molar-refractivity contribution is 6.30. The Hall–Kier alpha value is -1.69. The molecule has 0 saturated heterocycles. The average molecular weight is 291 g/mol. The molecule has 0 amide bonds. The maximum absolute atomic E-state index is 12.8. The molecule has 0 aliphatic heterocycles. The van der Waals surface area contributed by atoms with E-state index in [-0.39, 0.29) is 10.7 Å². The summed E-state index contributed by atoms with van der Waals surface area (Å²) in [6, 6.07) is 6.57. The molecule has 0 spiro atoms. The molecule has 2 rings (SSSR count). The van der Waals surface area contributed by atoms with Crippen LogP contribution in [0.25, 0.3) is 5.69 Å². The van der Waals surface area contributed by atoms with Gasteiger partial charge in [0.2, 0.25) is 0 Å². The van der Waals surface area contributed by atoms with Crippen LogP contribution < -0.4 is 4.74 Å². The summed E-state index contributed by atoms with van der Waals surface area (Å²) in [6.45, 7) is 1.28. The van der Waals surface area contributed by atoms with Gasteiger partial charge in [-0.05, 0) is 19.1 Å². The van der Waals surface area contributed by atoms with Gasteiger partial charge >= 0.3 is 6.18 Å². The van der Waals surface area contributed by atoms with E-state index >= 15 is 0 Å². The third-order valence-electron chi connectivity index (χ3n) is 2.63. The van der Waals surface area contributed by atoms with Crippen molar-refractivity contribution in [1.29, 1.82) is 0 Å². The predicted octanol–water partition coefficient (Wildman–Crippen LogP) is 3.86. The van der Waals surface area contributed by atoms with E-state index < -0.39 is 11.9 Å². The van der Waals surface area contributed by atoms with Crippen molar-refractivity contribution in [2.45, 2.75) is 13.1 Å². The summed E-state index contributed by atoms with van der Waals surface area (Å²) in [4.78, 5) is 0. The Balaban J connectivity index is 2.64. The first-order valence-corrected chi connectivity index (χ1v) is 5.69. The minimum absolute atomic E-state index is 0.0863. The van der Waals surface area contributed by atoms with Crippen LogP contribution in [0, 0.1) is 6.92 Å². The Morgan fingerprint density at radius 1 is 1.26 bits per heavy atom. The zero-order valence-corrected chi connectivity index (χ0v) is 10.9. The van der Waals surface area contributed by atoms with Gasteiger partial charge in [-0.2, -0.15) is 18.3 Å². The lowest BCUT2D eigenvalue weighted by atomic mass is 10.2. The van der Waals surface area contributed by atoms with Gasteiger partial charge < -0.3 is 4.74 Å². The van der Waals surface area contributed by atoms with Crippen molar-refractivity contribution in [2.24, 2.45) is 0 Å². The lowest BCUT2D eigenvalue weighted by Gasteiger charge is -2.08. The zero-order valence-electron chi connectivity index (χ0n) is 10.1. The Kier molecular flexibility index (Phi) is 3.45. The molecule has 0 N–H and O–H groups in total. The normalized spacial score (nSPS) is 11.7. The highest BCUT2D eigenvalue weighted by atomic mass is 35.5. The largest absolute Gasteiger partial charge is 0.494 e. The highest BCUT2D eigenvalue weighted by Crippen LogP contribution is 2.36. The molecule has 0 aliphatic carbocycles. The quantitative estimate of drug-likeness (QED) is 0.840. The third-order valence-corrected chi connectivity index (χ3v) is 3.08. The molecular formula is C12H10ClF3N2O. The van der Waals surface area contributed by atoms with Gasteiger partial charge in [-0.15, -0.1) is 0 Å². The SMILES string of the molecule is COc1ccccc1-n1nc(C(F)(F)F)c(C)c1Cl. The fraction of sp³-hybridized carbons (Fsp3) is 0.250. The second kappa shape index (κ2) is 4.77. The fourth-order valence-corrected chi connectivity index (χ4v) is 1.93. The molecule has 0 atom stereocenters. The van der Waals surface area contributed by atoms with Gasteiger partial charge in [0.05, 0.1) is 7.11 Å². The number of benzene rings is 1. The average Bonchev–Trinajstić information content (AvgIpc) is 2.66. The van der Waals surface area contributed by atoms with Gasteiger partial charge in [0.1, 0.15) is 16.6 Å². The van der Waals surface area contributed by atoms with Crippen molar-refractivity contribution in [3.8, 4) is 11.4 Å². The molecule has 2 aromatic rings. The van der Waals surface area contributed by atoms with E-state index in [9.17, 15) is 13.2 Å². The van der Waals surface area contributed by atoms with Gasteiger partial charge in [0.15, 0.2) is 5.69 Å². The maximum atomic E-state index is 12.8. The Morgan fingerprint density at radius 3 is 2.42 bits per heavy atom. The van der Waals surface area contributed by atoms with Crippen LogP contribution in [-0.2, 0) is 6.18 Å². The standard InChI is InChI=1S/C12H10ClF3N2O/c1-7-10(12(14,15)16)17-18(11(7)13)8-5-3-4-6-9(8)19-2/h3-6H,1-2H3. The van der Waals surface area contributed by atoms with E-state index in [1.807, 2.05) is 0 Å². The van der Waals surface area contributed by atoms with Crippen LogP contribution in [0.4, 0.5) is 13.2 Å². The fourth-order valence-electron chi connectivity index (χ4n) is 1.71. The molecule has 0 bridgehead atoms. The number of aromatic nitrogens is 2. The molecule has 0 radical (unpaired) electrons. The van der Waals surface area contributed by atoms with E-state index in [2.05, 4.69) is 5.10 Å². The van der Waals surface area contributed by atoms with Crippen molar-refractivity contribution in [3.05, 3.63) is 40.7 Å². The summed E-state index contributed by atoms with van der Waals surface area (Å²) in [6.07, 6.45) is -4.54. The Morgan fingerprint density at radius 2 is 1.89 bits per heavy atom. The second-order valence-corrected chi connectivity index (χ2v) is 4.20. The summed E-state index contributed by atoms with van der Waals surface area (Å²) in [7, 11) is 1.42. The number of hydrogen-bond acceptors (Lipinski definition) is 2. The number of nitrogens with zero attached hydrogens (tertiary/aromatic N) is 2. The van der Waals surface area contributed by atoms with Gasteiger partial charge in [-0.3, -0.25) is 0 Å². The smallest absolute Gasteiger partial charge is 0.435 e. The van der Waals surface area contributed by atoms with Crippen molar-refractivity contribution < 1.29 is 17.9 Å². The van der Waals surface area contributed by atoms with Crippen LogP contribution in [0.3, 0.4) is 0 Å². The summed E-state index contributed by atoms with van der Waals surface area (Å²) < 4.78 is 44.4. The van der Waals surface area contributed by atoms with Crippen LogP contribution in [0.1, 0.15) is 11.3 Å². The lowest BCUT2D eigenvalue weighted by Crippen LogP contribution is -2.08. The first-order valence-electron chi connectivity index (χ1n) is 5.32. The molecule has 1 heterocycles. The summed E-state index contributed by atoms with van der Waals surface area (Å²) in [5, 5.41) is 3.45. The van der Waals surface area contributed by atoms with Crippen LogP contribution in [0.2, 0.25) is 5.15 Å². The second-order valence-electron chi connectivity index (χ2n) is 3.85. The molecule has 1 aromatic carbocycles. The molecule has 1 aromatic heterocycles. The zero-order chi connectivity index (χ0) is 14.2. The van der Waals surface area contributed by atoms with Gasteiger partial charge in [0.25, 0.3) is 0 Å². The van der Waals surface area contributed by atoms with Crippen LogP contribution >= 0.6 is 11.6 Å². The molecule has 102 valence electrons. The van der Waals surface area contributed by atoms with Crippen LogP contribution in [0.5, 0.6) is 5.75 Å². The molecular weight excluding hydrogens is 281 g/mol. The van der Waals surface area contributed by atoms with E-state index in [1.54, 1.807) is 24.3 Å². The molecule has 0 fully saturated rings. The van der Waals surface area contributed by atoms with E-state index in [4.69, 9.17) is 16.3 Å². The van der Waals surface area contributed by atoms with E-state index in [0.717, 1.165) is 4.68 Å². The number of halogens is 4. The molecule has 0 unspecified atom stereocenters. The maximum Gasteiger partial charge on any atom is 0.435 e. The number of hydrogen-bond donors (Lipinski definition) is 0. The molecule has 0 saturated carbocycles. The van der Waals surface area contributed by atoms with Crippen molar-refractivity contribution >= 4 is 11.6 Å². The Labute approximate surface area is 112 Å². The molecule has 0 aliphatic rings. The first kappa shape index (κ1) is 13.7. The summed E-state index contributed by atoms with van der Waals surface area (Å²) >= 11 is 5.93. The van der Waals surface area contributed by atoms with E-state index in [1.165, 1.54) is 14.0 Å². The van der Waals surface area contributed by atoms with Gasteiger partial charge in [-0.1, -0.05) is 23.7 Å². The Bertz CT molecular complexity index is 608. The van der Waals surface area contributed by atoms with Crippen molar-refractivity contribution in [1.82, 2.24) is 9.78 Å². The number of methoxy groups -OCH3 is 1. The molecule has 7 heteroatoms. The topological polar surface area (TPSA) is 27.1 Å². The van der Waals surface area contributed by atoms with Gasteiger partial charge in [-0.25, -0.2) is 4.68 Å². The minimum Gasteiger partial charge on any atom is -0.494 e. The van der Waals surface area contributed by atoms with Crippen LogP contribution in [0.15, 0.2) is 24.3 Å². The van der Waals surface area contributed by atoms with Crippen molar-refractivity contribution in [3.63, 3.8) is 0 Å². The van der Waals surface area contributed by atoms with Gasteiger partial charge in [0, 0.05) is 5.56 Å². The summed E-state index contributed by atoms with van der Waals surface area (Å²) in [5.41, 5.74) is -0.753.